The Morgan fingerprint density at radius 3 is 1.76 bits per heavy atom. The van der Waals surface area contributed by atoms with Crippen molar-refractivity contribution in [3.05, 3.63) is 65.7 Å². The molecule has 220 valence electrons. The van der Waals surface area contributed by atoms with E-state index in [2.05, 4.69) is 16.0 Å². The van der Waals surface area contributed by atoms with Crippen molar-refractivity contribution in [1.82, 2.24) is 16.0 Å². The number of carbonyl (C=O) groups is 6. The molecule has 4 unspecified atom stereocenters. The summed E-state index contributed by atoms with van der Waals surface area (Å²) >= 11 is 0. The highest BCUT2D eigenvalue weighted by Gasteiger charge is 2.32. The number of carbonyl (C=O) groups excluding carboxylic acids is 3. The summed E-state index contributed by atoms with van der Waals surface area (Å²) < 4.78 is 0. The Morgan fingerprint density at radius 1 is 0.659 bits per heavy atom. The van der Waals surface area contributed by atoms with Crippen LogP contribution in [0.4, 0.5) is 0 Å². The van der Waals surface area contributed by atoms with Crippen LogP contribution in [-0.2, 0) is 41.6 Å². The molecule has 14 nitrogen and oxygen atoms in total. The maximum absolute atomic E-state index is 13.0. The van der Waals surface area contributed by atoms with E-state index < -0.39 is 79.1 Å². The minimum absolute atomic E-state index is 0.00636. The second-order valence-corrected chi connectivity index (χ2v) is 9.22. The normalized spacial score (nSPS) is 13.6. The molecule has 4 atom stereocenters. The first kappa shape index (κ1) is 32.2. The zero-order chi connectivity index (χ0) is 30.5. The molecule has 41 heavy (non-hydrogen) atoms. The largest absolute Gasteiger partial charge is 0.508 e. The van der Waals surface area contributed by atoms with E-state index in [4.69, 9.17) is 10.8 Å². The van der Waals surface area contributed by atoms with Gasteiger partial charge < -0.3 is 42.1 Å². The van der Waals surface area contributed by atoms with Gasteiger partial charge in [0.2, 0.25) is 17.7 Å². The van der Waals surface area contributed by atoms with Gasteiger partial charge in [0, 0.05) is 12.8 Å². The van der Waals surface area contributed by atoms with Gasteiger partial charge in [0.25, 0.3) is 0 Å². The highest BCUT2D eigenvalue weighted by Crippen LogP contribution is 2.11. The number of aliphatic carboxylic acids is 3. The van der Waals surface area contributed by atoms with Crippen molar-refractivity contribution < 1.29 is 49.2 Å². The van der Waals surface area contributed by atoms with Crippen molar-refractivity contribution in [2.24, 2.45) is 5.73 Å². The van der Waals surface area contributed by atoms with Gasteiger partial charge in [-0.25, -0.2) is 4.79 Å². The van der Waals surface area contributed by atoms with Crippen LogP contribution in [0.1, 0.15) is 30.4 Å². The summed E-state index contributed by atoms with van der Waals surface area (Å²) in [5.41, 5.74) is 7.11. The number of hydrogen-bond acceptors (Lipinski definition) is 8. The van der Waals surface area contributed by atoms with Crippen LogP contribution in [-0.4, -0.2) is 80.2 Å². The number of aromatic hydroxyl groups is 1. The fourth-order valence-corrected chi connectivity index (χ4v) is 3.77. The summed E-state index contributed by atoms with van der Waals surface area (Å²) in [6.45, 7) is 0. The molecule has 0 fully saturated rings. The molecule has 0 radical (unpaired) electrons. The molecule has 0 saturated heterocycles. The molecule has 0 aromatic heterocycles. The Balaban J connectivity index is 2.15. The third-order valence-electron chi connectivity index (χ3n) is 5.92. The molecule has 9 N–H and O–H groups in total. The van der Waals surface area contributed by atoms with E-state index in [0.717, 1.165) is 0 Å². The summed E-state index contributed by atoms with van der Waals surface area (Å²) in [7, 11) is 0. The average molecular weight is 573 g/mol. The molecule has 0 heterocycles. The van der Waals surface area contributed by atoms with Crippen LogP contribution in [0, 0.1) is 0 Å². The molecule has 0 saturated carbocycles. The van der Waals surface area contributed by atoms with Crippen molar-refractivity contribution in [3.8, 4) is 5.75 Å². The van der Waals surface area contributed by atoms with Crippen molar-refractivity contribution in [3.63, 3.8) is 0 Å². The predicted octanol–water partition coefficient (Wildman–Crippen LogP) is -0.617. The Morgan fingerprint density at radius 2 is 1.20 bits per heavy atom. The van der Waals surface area contributed by atoms with Crippen LogP contribution in [0.2, 0.25) is 0 Å². The van der Waals surface area contributed by atoms with Gasteiger partial charge in [-0.05, 0) is 36.1 Å². The number of phenolic OH excluding ortho intramolecular Hbond substituents is 1. The van der Waals surface area contributed by atoms with Crippen LogP contribution in [0.5, 0.6) is 5.75 Å². The lowest BCUT2D eigenvalue weighted by Gasteiger charge is -2.24. The van der Waals surface area contributed by atoms with Crippen LogP contribution in [0.25, 0.3) is 0 Å². The van der Waals surface area contributed by atoms with Crippen molar-refractivity contribution in [1.29, 1.82) is 0 Å². The molecule has 0 aliphatic carbocycles. The maximum Gasteiger partial charge on any atom is 0.326 e. The third kappa shape index (κ3) is 11.3. The Labute approximate surface area is 234 Å². The lowest BCUT2D eigenvalue weighted by atomic mass is 10.0. The fourth-order valence-electron chi connectivity index (χ4n) is 3.77. The first-order valence-corrected chi connectivity index (χ1v) is 12.5. The van der Waals surface area contributed by atoms with E-state index >= 15 is 0 Å². The van der Waals surface area contributed by atoms with Gasteiger partial charge in [-0.1, -0.05) is 42.5 Å². The van der Waals surface area contributed by atoms with Crippen molar-refractivity contribution >= 4 is 35.6 Å². The van der Waals surface area contributed by atoms with Crippen LogP contribution >= 0.6 is 0 Å². The lowest BCUT2D eigenvalue weighted by Crippen LogP contribution is -2.57. The Hall–Kier alpha value is -4.98. The fraction of sp³-hybridized carbons (Fsp3) is 0.333. The molecular formula is C27H32N4O10. The smallest absolute Gasteiger partial charge is 0.326 e. The van der Waals surface area contributed by atoms with Gasteiger partial charge in [0.1, 0.15) is 23.9 Å². The molecule has 0 aliphatic rings. The van der Waals surface area contributed by atoms with E-state index in [1.165, 1.54) is 24.3 Å². The lowest BCUT2D eigenvalue weighted by molar-refractivity contribution is -0.143. The SMILES string of the molecule is NC(Cc1ccc(O)cc1)C(=O)NC(CCC(=O)O)C(=O)NC(CC(=O)O)C(=O)NC(Cc1ccccc1)C(=O)O. The Bertz CT molecular complexity index is 1240. The monoisotopic (exact) mass is 572 g/mol. The number of nitrogens with one attached hydrogen (secondary N) is 3. The van der Waals surface area contributed by atoms with E-state index in [1.54, 1.807) is 30.3 Å². The number of hydrogen-bond donors (Lipinski definition) is 8. The molecule has 2 aromatic rings. The molecule has 0 bridgehead atoms. The quantitative estimate of drug-likeness (QED) is 0.126. The number of benzene rings is 2. The number of amides is 3. The number of nitrogens with two attached hydrogens (primary N) is 1. The van der Waals surface area contributed by atoms with Gasteiger partial charge in [0.05, 0.1) is 12.5 Å². The molecular weight excluding hydrogens is 540 g/mol. The summed E-state index contributed by atoms with van der Waals surface area (Å²) in [6, 6.07) is 8.33. The van der Waals surface area contributed by atoms with E-state index in [1.807, 2.05) is 0 Å². The summed E-state index contributed by atoms with van der Waals surface area (Å²) in [5.74, 6) is -7.14. The summed E-state index contributed by atoms with van der Waals surface area (Å²) in [4.78, 5) is 73.0. The summed E-state index contributed by atoms with van der Waals surface area (Å²) in [6.07, 6.45) is -1.99. The standard InChI is InChI=1S/C27H32N4O10/c28-18(12-16-6-8-17(32)9-7-16)24(37)29-19(10-11-22(33)34)25(38)30-20(14-23(35)36)26(39)31-21(27(40)41)13-15-4-2-1-3-5-15/h1-9,18-21,32H,10-14,28H2,(H,29,37)(H,30,38)(H,31,39)(H,33,34)(H,35,36)(H,40,41). The Kier molecular flexibility index (Phi) is 12.2. The molecule has 0 spiro atoms. The number of phenols is 1. The van der Waals surface area contributed by atoms with Gasteiger partial charge in [-0.15, -0.1) is 0 Å². The first-order valence-electron chi connectivity index (χ1n) is 12.5. The van der Waals surface area contributed by atoms with Gasteiger partial charge >= 0.3 is 17.9 Å². The molecule has 2 rings (SSSR count). The van der Waals surface area contributed by atoms with Crippen molar-refractivity contribution in [2.45, 2.75) is 56.3 Å². The minimum Gasteiger partial charge on any atom is -0.508 e. The van der Waals surface area contributed by atoms with Gasteiger partial charge in [-0.3, -0.25) is 24.0 Å². The number of rotatable bonds is 16. The average Bonchev–Trinajstić information content (AvgIpc) is 2.91. The molecule has 14 heteroatoms. The second-order valence-electron chi connectivity index (χ2n) is 9.22. The zero-order valence-corrected chi connectivity index (χ0v) is 21.9. The minimum atomic E-state index is -1.74. The summed E-state index contributed by atoms with van der Waals surface area (Å²) in [5, 5.41) is 44.1. The van der Waals surface area contributed by atoms with E-state index in [9.17, 15) is 44.1 Å². The molecule has 0 aliphatic heterocycles. The van der Waals surface area contributed by atoms with Crippen LogP contribution in [0.3, 0.4) is 0 Å². The maximum atomic E-state index is 13.0. The zero-order valence-electron chi connectivity index (χ0n) is 21.9. The van der Waals surface area contributed by atoms with E-state index in [-0.39, 0.29) is 18.6 Å². The first-order chi connectivity index (χ1) is 19.3. The molecule has 3 amide bonds. The third-order valence-corrected chi connectivity index (χ3v) is 5.92. The number of carboxylic acid groups (broad SMARTS) is 3. The highest BCUT2D eigenvalue weighted by atomic mass is 16.4. The highest BCUT2D eigenvalue weighted by molar-refractivity contribution is 5.95. The van der Waals surface area contributed by atoms with Gasteiger partial charge in [0.15, 0.2) is 0 Å². The second kappa shape index (κ2) is 15.6. The molecule has 2 aromatic carbocycles. The van der Waals surface area contributed by atoms with Crippen LogP contribution < -0.4 is 21.7 Å². The number of carboxylic acids is 3. The van der Waals surface area contributed by atoms with E-state index in [0.29, 0.717) is 11.1 Å². The topological polar surface area (TPSA) is 245 Å². The van der Waals surface area contributed by atoms with Crippen molar-refractivity contribution in [2.75, 3.05) is 0 Å². The predicted molar refractivity (Wildman–Crippen MR) is 142 cm³/mol. The van der Waals surface area contributed by atoms with Gasteiger partial charge in [-0.2, -0.15) is 0 Å². The van der Waals surface area contributed by atoms with Crippen LogP contribution in [0.15, 0.2) is 54.6 Å².